The average Bonchev–Trinajstić information content (AvgIpc) is 2.55. The molecule has 0 aliphatic rings. The van der Waals surface area contributed by atoms with E-state index < -0.39 is 0 Å². The van der Waals surface area contributed by atoms with Gasteiger partial charge in [0.1, 0.15) is 5.69 Å². The first-order valence-electron chi connectivity index (χ1n) is 3.26. The van der Waals surface area contributed by atoms with Crippen LogP contribution in [-0.4, -0.2) is 14.2 Å². The van der Waals surface area contributed by atoms with Crippen LogP contribution < -0.4 is 0 Å². The van der Waals surface area contributed by atoms with Crippen molar-refractivity contribution >= 4 is 11.5 Å². The first kappa shape index (κ1) is 6.54. The molecule has 2 heterocycles. The third-order valence-corrected chi connectivity index (χ3v) is 2.07. The number of hydrogen-bond acceptors (Lipinski definition) is 3. The molecule has 56 valence electrons. The SMILES string of the molecule is Cn1cccc1-c1csnn1. The van der Waals surface area contributed by atoms with Crippen LogP contribution in [0.5, 0.6) is 0 Å². The molecule has 0 spiro atoms. The zero-order valence-electron chi connectivity index (χ0n) is 6.06. The van der Waals surface area contributed by atoms with Gasteiger partial charge < -0.3 is 4.57 Å². The topological polar surface area (TPSA) is 30.7 Å². The molecular weight excluding hydrogens is 158 g/mol. The van der Waals surface area contributed by atoms with Crippen LogP contribution in [0.25, 0.3) is 11.4 Å². The molecule has 0 unspecified atom stereocenters. The molecule has 3 nitrogen and oxygen atoms in total. The summed E-state index contributed by atoms with van der Waals surface area (Å²) in [5.41, 5.74) is 2.06. The van der Waals surface area contributed by atoms with Crippen molar-refractivity contribution < 1.29 is 0 Å². The number of hydrogen-bond donors (Lipinski definition) is 0. The summed E-state index contributed by atoms with van der Waals surface area (Å²) in [5, 5.41) is 5.91. The van der Waals surface area contributed by atoms with Gasteiger partial charge in [0, 0.05) is 18.6 Å². The van der Waals surface area contributed by atoms with Gasteiger partial charge in [0.15, 0.2) is 0 Å². The summed E-state index contributed by atoms with van der Waals surface area (Å²) in [7, 11) is 1.99. The van der Waals surface area contributed by atoms with E-state index in [0.29, 0.717) is 0 Å². The van der Waals surface area contributed by atoms with Crippen LogP contribution in [0.4, 0.5) is 0 Å². The molecule has 4 heteroatoms. The Balaban J connectivity index is 2.53. The molecule has 2 aromatic heterocycles. The van der Waals surface area contributed by atoms with Crippen molar-refractivity contribution in [2.75, 3.05) is 0 Å². The summed E-state index contributed by atoms with van der Waals surface area (Å²) in [6.07, 6.45) is 1.99. The van der Waals surface area contributed by atoms with E-state index in [-0.39, 0.29) is 0 Å². The first-order chi connectivity index (χ1) is 5.38. The Morgan fingerprint density at radius 3 is 3.00 bits per heavy atom. The third kappa shape index (κ3) is 1.05. The molecule has 11 heavy (non-hydrogen) atoms. The predicted octanol–water partition coefficient (Wildman–Crippen LogP) is 1.54. The van der Waals surface area contributed by atoms with Crippen molar-refractivity contribution in [3.63, 3.8) is 0 Å². The molecule has 0 aromatic carbocycles. The minimum Gasteiger partial charge on any atom is -0.349 e. The van der Waals surface area contributed by atoms with Crippen LogP contribution >= 0.6 is 11.5 Å². The Kier molecular flexibility index (Phi) is 1.47. The molecule has 0 bridgehead atoms. The van der Waals surface area contributed by atoms with E-state index in [9.17, 15) is 0 Å². The second-order valence-electron chi connectivity index (χ2n) is 2.29. The van der Waals surface area contributed by atoms with Gasteiger partial charge >= 0.3 is 0 Å². The smallest absolute Gasteiger partial charge is 0.122 e. The zero-order chi connectivity index (χ0) is 7.68. The fourth-order valence-electron chi connectivity index (χ4n) is 1.00. The summed E-state index contributed by atoms with van der Waals surface area (Å²) < 4.78 is 5.82. The molecule has 0 amide bonds. The van der Waals surface area contributed by atoms with Crippen LogP contribution in [0, 0.1) is 0 Å². The van der Waals surface area contributed by atoms with Crippen LogP contribution in [0.2, 0.25) is 0 Å². The van der Waals surface area contributed by atoms with Gasteiger partial charge in [-0.25, -0.2) is 0 Å². The highest BCUT2D eigenvalue weighted by Crippen LogP contribution is 2.16. The highest BCUT2D eigenvalue weighted by molar-refractivity contribution is 7.03. The maximum Gasteiger partial charge on any atom is 0.122 e. The van der Waals surface area contributed by atoms with Crippen molar-refractivity contribution in [3.8, 4) is 11.4 Å². The molecule has 0 aliphatic carbocycles. The van der Waals surface area contributed by atoms with Crippen molar-refractivity contribution in [3.05, 3.63) is 23.7 Å². The van der Waals surface area contributed by atoms with Crippen LogP contribution in [0.15, 0.2) is 23.7 Å². The second kappa shape index (κ2) is 2.47. The number of rotatable bonds is 1. The van der Waals surface area contributed by atoms with Gasteiger partial charge in [-0.15, -0.1) is 5.10 Å². The number of aryl methyl sites for hydroxylation is 1. The highest BCUT2D eigenvalue weighted by Gasteiger charge is 2.02. The molecule has 0 atom stereocenters. The summed E-state index contributed by atoms with van der Waals surface area (Å²) >= 11 is 1.37. The highest BCUT2D eigenvalue weighted by atomic mass is 32.1. The minimum atomic E-state index is 0.947. The standard InChI is InChI=1S/C7H7N3S/c1-10-4-2-3-7(10)6-5-11-9-8-6/h2-5H,1H3. The van der Waals surface area contributed by atoms with Gasteiger partial charge in [-0.2, -0.15) is 0 Å². The molecule has 2 aromatic rings. The van der Waals surface area contributed by atoms with Crippen LogP contribution in [0.1, 0.15) is 0 Å². The van der Waals surface area contributed by atoms with E-state index in [4.69, 9.17) is 0 Å². The lowest BCUT2D eigenvalue weighted by Crippen LogP contribution is -1.88. The van der Waals surface area contributed by atoms with E-state index in [1.807, 2.05) is 35.3 Å². The quantitative estimate of drug-likeness (QED) is 0.641. The van der Waals surface area contributed by atoms with Gasteiger partial charge in [-0.3, -0.25) is 0 Å². The Morgan fingerprint density at radius 2 is 2.45 bits per heavy atom. The molecule has 0 radical (unpaired) electrons. The zero-order valence-corrected chi connectivity index (χ0v) is 6.88. The Bertz CT molecular complexity index is 336. The Labute approximate surface area is 68.5 Å². The van der Waals surface area contributed by atoms with E-state index in [0.717, 1.165) is 11.4 Å². The van der Waals surface area contributed by atoms with Crippen LogP contribution in [0.3, 0.4) is 0 Å². The van der Waals surface area contributed by atoms with Crippen molar-refractivity contribution in [1.29, 1.82) is 0 Å². The maximum atomic E-state index is 3.97. The van der Waals surface area contributed by atoms with Gasteiger partial charge in [0.2, 0.25) is 0 Å². The summed E-state index contributed by atoms with van der Waals surface area (Å²) in [6.45, 7) is 0. The molecular formula is C7H7N3S. The largest absolute Gasteiger partial charge is 0.349 e. The Morgan fingerprint density at radius 1 is 1.55 bits per heavy atom. The van der Waals surface area contributed by atoms with Crippen molar-refractivity contribution in [2.24, 2.45) is 7.05 Å². The number of aromatic nitrogens is 3. The predicted molar refractivity (Wildman–Crippen MR) is 44.3 cm³/mol. The maximum absolute atomic E-state index is 3.97. The van der Waals surface area contributed by atoms with Gasteiger partial charge in [0.05, 0.1) is 5.69 Å². The first-order valence-corrected chi connectivity index (χ1v) is 4.10. The molecule has 2 rings (SSSR count). The van der Waals surface area contributed by atoms with E-state index >= 15 is 0 Å². The lowest BCUT2D eigenvalue weighted by atomic mass is 10.3. The molecule has 0 N–H and O–H groups in total. The summed E-state index contributed by atoms with van der Waals surface area (Å²) in [4.78, 5) is 0. The average molecular weight is 165 g/mol. The third-order valence-electron chi connectivity index (χ3n) is 1.57. The Hall–Kier alpha value is -1.16. The second-order valence-corrected chi connectivity index (χ2v) is 2.90. The number of nitrogens with zero attached hydrogens (tertiary/aromatic N) is 3. The minimum absolute atomic E-state index is 0.947. The monoisotopic (exact) mass is 165 g/mol. The fourth-order valence-corrected chi connectivity index (χ4v) is 1.45. The summed E-state index contributed by atoms with van der Waals surface area (Å²) in [6, 6.07) is 4.02. The molecule has 0 fully saturated rings. The normalized spacial score (nSPS) is 10.3. The van der Waals surface area contributed by atoms with Gasteiger partial charge in [0.25, 0.3) is 0 Å². The van der Waals surface area contributed by atoms with Crippen LogP contribution in [-0.2, 0) is 7.05 Å². The van der Waals surface area contributed by atoms with Gasteiger partial charge in [-0.05, 0) is 23.7 Å². The molecule has 0 aliphatic heterocycles. The lowest BCUT2D eigenvalue weighted by Gasteiger charge is -1.95. The van der Waals surface area contributed by atoms with Crippen molar-refractivity contribution in [2.45, 2.75) is 0 Å². The van der Waals surface area contributed by atoms with E-state index in [1.54, 1.807) is 0 Å². The summed E-state index contributed by atoms with van der Waals surface area (Å²) in [5.74, 6) is 0. The van der Waals surface area contributed by atoms with E-state index in [2.05, 4.69) is 9.59 Å². The molecule has 0 saturated heterocycles. The molecule has 0 saturated carbocycles. The van der Waals surface area contributed by atoms with Gasteiger partial charge in [-0.1, -0.05) is 4.49 Å². The fraction of sp³-hybridized carbons (Fsp3) is 0.143. The van der Waals surface area contributed by atoms with Crippen molar-refractivity contribution in [1.82, 2.24) is 14.2 Å². The lowest BCUT2D eigenvalue weighted by molar-refractivity contribution is 0.928. The van der Waals surface area contributed by atoms with E-state index in [1.165, 1.54) is 11.5 Å².